The maximum Gasteiger partial charge on any atom is 0.173 e. The molecule has 0 aliphatic carbocycles. The quantitative estimate of drug-likeness (QED) is 0.502. The van der Waals surface area contributed by atoms with Crippen LogP contribution in [0.4, 0.5) is 4.39 Å². The van der Waals surface area contributed by atoms with Crippen LogP contribution >= 0.6 is 11.3 Å². The number of halogens is 1. The van der Waals surface area contributed by atoms with Crippen molar-refractivity contribution in [3.63, 3.8) is 0 Å². The predicted octanol–water partition coefficient (Wildman–Crippen LogP) is 3.25. The minimum absolute atomic E-state index is 0.153. The van der Waals surface area contributed by atoms with E-state index in [1.54, 1.807) is 12.3 Å². The maximum atomic E-state index is 13.3. The number of rotatable bonds is 5. The molecule has 0 N–H and O–H groups in total. The number of fused-ring (bicyclic) bond motifs is 1. The van der Waals surface area contributed by atoms with Crippen molar-refractivity contribution in [1.29, 1.82) is 0 Å². The van der Waals surface area contributed by atoms with Gasteiger partial charge in [0.15, 0.2) is 11.4 Å². The Balaban J connectivity index is 1.69. The smallest absolute Gasteiger partial charge is 0.173 e. The van der Waals surface area contributed by atoms with Gasteiger partial charge in [0.05, 0.1) is 30.6 Å². The lowest BCUT2D eigenvalue weighted by Crippen LogP contribution is -2.07. The summed E-state index contributed by atoms with van der Waals surface area (Å²) in [5.41, 5.74) is 1.66. The van der Waals surface area contributed by atoms with E-state index in [0.29, 0.717) is 17.0 Å². The van der Waals surface area contributed by atoms with Crippen LogP contribution in [0.25, 0.3) is 5.65 Å². The van der Waals surface area contributed by atoms with Crippen molar-refractivity contribution in [2.45, 2.75) is 13.3 Å². The highest BCUT2D eigenvalue weighted by atomic mass is 32.1. The molecule has 9 heteroatoms. The minimum Gasteiger partial charge on any atom is -0.454 e. The third-order valence-corrected chi connectivity index (χ3v) is 4.51. The molecule has 0 amide bonds. The Hall–Kier alpha value is -3.20. The van der Waals surface area contributed by atoms with Gasteiger partial charge in [0, 0.05) is 17.1 Å². The number of thiazole rings is 1. The first-order valence-corrected chi connectivity index (χ1v) is 8.52. The summed E-state index contributed by atoms with van der Waals surface area (Å²) in [6.07, 6.45) is 5.55. The van der Waals surface area contributed by atoms with Crippen LogP contribution in [-0.4, -0.2) is 30.3 Å². The first-order valence-electron chi connectivity index (χ1n) is 7.64. The van der Waals surface area contributed by atoms with Gasteiger partial charge >= 0.3 is 0 Å². The van der Waals surface area contributed by atoms with E-state index in [1.807, 2.05) is 12.3 Å². The fourth-order valence-electron chi connectivity index (χ4n) is 2.46. The SMILES string of the molecule is Cc1csc(CC(=O)c2cc(Oc3cncc(F)c3)cn3ncnc23)n1. The molecule has 26 heavy (non-hydrogen) atoms. The summed E-state index contributed by atoms with van der Waals surface area (Å²) < 4.78 is 20.4. The van der Waals surface area contributed by atoms with Crippen LogP contribution in [0.2, 0.25) is 0 Å². The van der Waals surface area contributed by atoms with Gasteiger partial charge in [-0.25, -0.2) is 18.9 Å². The number of ether oxygens (including phenoxy) is 1. The molecule has 0 bridgehead atoms. The fourth-order valence-corrected chi connectivity index (χ4v) is 3.23. The Kier molecular flexibility index (Phi) is 4.13. The highest BCUT2D eigenvalue weighted by Crippen LogP contribution is 2.25. The molecule has 0 radical (unpaired) electrons. The zero-order valence-corrected chi connectivity index (χ0v) is 14.4. The molecule has 130 valence electrons. The van der Waals surface area contributed by atoms with Crippen molar-refractivity contribution >= 4 is 22.8 Å². The summed E-state index contributed by atoms with van der Waals surface area (Å²) in [6, 6.07) is 2.77. The molecule has 0 atom stereocenters. The van der Waals surface area contributed by atoms with E-state index in [-0.39, 0.29) is 18.0 Å². The third kappa shape index (κ3) is 3.29. The molecule has 0 spiro atoms. The average Bonchev–Trinajstić information content (AvgIpc) is 3.23. The normalized spacial score (nSPS) is 11.0. The number of Topliss-reactive ketones (excluding diaryl/α,β-unsaturated/α-hetero) is 1. The van der Waals surface area contributed by atoms with E-state index in [9.17, 15) is 9.18 Å². The second kappa shape index (κ2) is 6.60. The molecule has 4 rings (SSSR count). The summed E-state index contributed by atoms with van der Waals surface area (Å²) in [5.74, 6) is -0.118. The number of aryl methyl sites for hydroxylation is 1. The number of nitrogens with zero attached hydrogens (tertiary/aromatic N) is 5. The summed E-state index contributed by atoms with van der Waals surface area (Å²) in [7, 11) is 0. The van der Waals surface area contributed by atoms with Crippen LogP contribution in [0.15, 0.2) is 42.4 Å². The Labute approximate surface area is 151 Å². The van der Waals surface area contributed by atoms with E-state index in [4.69, 9.17) is 4.74 Å². The third-order valence-electron chi connectivity index (χ3n) is 3.54. The molecule has 0 fully saturated rings. The minimum atomic E-state index is -0.514. The van der Waals surface area contributed by atoms with Crippen molar-refractivity contribution in [2.75, 3.05) is 0 Å². The van der Waals surface area contributed by atoms with Gasteiger partial charge in [-0.3, -0.25) is 9.78 Å². The average molecular weight is 369 g/mol. The molecule has 0 unspecified atom stereocenters. The second-order valence-corrected chi connectivity index (χ2v) is 6.48. The number of hydrogen-bond acceptors (Lipinski definition) is 7. The first-order chi connectivity index (χ1) is 12.6. The van der Waals surface area contributed by atoms with Crippen LogP contribution in [0.5, 0.6) is 11.5 Å². The predicted molar refractivity (Wildman–Crippen MR) is 92.1 cm³/mol. The molecular weight excluding hydrogens is 357 g/mol. The van der Waals surface area contributed by atoms with E-state index in [2.05, 4.69) is 20.1 Å². The number of pyridine rings is 2. The highest BCUT2D eigenvalue weighted by Gasteiger charge is 2.17. The molecule has 4 aromatic rings. The molecule has 4 aromatic heterocycles. The summed E-state index contributed by atoms with van der Waals surface area (Å²) >= 11 is 1.43. The van der Waals surface area contributed by atoms with Gasteiger partial charge in [-0.2, -0.15) is 5.10 Å². The van der Waals surface area contributed by atoms with Crippen molar-refractivity contribution in [3.05, 3.63) is 64.5 Å². The lowest BCUT2D eigenvalue weighted by Gasteiger charge is -2.08. The van der Waals surface area contributed by atoms with Crippen LogP contribution in [0.1, 0.15) is 21.1 Å². The largest absolute Gasteiger partial charge is 0.454 e. The number of aromatic nitrogens is 5. The number of carbonyl (C=O) groups is 1. The van der Waals surface area contributed by atoms with Gasteiger partial charge in [-0.1, -0.05) is 0 Å². The van der Waals surface area contributed by atoms with E-state index >= 15 is 0 Å². The summed E-state index contributed by atoms with van der Waals surface area (Å²) in [4.78, 5) is 24.9. The molecule has 0 aromatic carbocycles. The number of carbonyl (C=O) groups excluding carboxylic acids is 1. The van der Waals surface area contributed by atoms with Crippen LogP contribution in [-0.2, 0) is 6.42 Å². The number of ketones is 1. The summed E-state index contributed by atoms with van der Waals surface area (Å²) in [6.45, 7) is 1.88. The van der Waals surface area contributed by atoms with Gasteiger partial charge in [0.2, 0.25) is 0 Å². The van der Waals surface area contributed by atoms with Gasteiger partial charge in [0.1, 0.15) is 28.7 Å². The zero-order valence-electron chi connectivity index (χ0n) is 13.6. The lowest BCUT2D eigenvalue weighted by molar-refractivity contribution is 0.0993. The van der Waals surface area contributed by atoms with Crippen LogP contribution < -0.4 is 4.74 Å². The molecule has 0 aliphatic rings. The standard InChI is InChI=1S/C17H12FN5O2S/c1-10-8-26-16(22-10)4-15(24)14-3-13(7-23-17(14)20-9-21-23)25-12-2-11(18)5-19-6-12/h2-3,5-9H,4H2,1H3. The maximum absolute atomic E-state index is 13.3. The van der Waals surface area contributed by atoms with Gasteiger partial charge in [-0.15, -0.1) is 11.3 Å². The Morgan fingerprint density at radius 3 is 2.96 bits per heavy atom. The Morgan fingerprint density at radius 1 is 1.31 bits per heavy atom. The van der Waals surface area contributed by atoms with Crippen LogP contribution in [0.3, 0.4) is 0 Å². The molecule has 0 saturated carbocycles. The van der Waals surface area contributed by atoms with Crippen molar-refractivity contribution in [2.24, 2.45) is 0 Å². The lowest BCUT2D eigenvalue weighted by atomic mass is 10.1. The first kappa shape index (κ1) is 16.3. The van der Waals surface area contributed by atoms with Crippen LogP contribution in [0, 0.1) is 12.7 Å². The molecule has 0 aliphatic heterocycles. The Morgan fingerprint density at radius 2 is 2.19 bits per heavy atom. The topological polar surface area (TPSA) is 82.3 Å². The van der Waals surface area contributed by atoms with Crippen molar-refractivity contribution < 1.29 is 13.9 Å². The second-order valence-electron chi connectivity index (χ2n) is 5.54. The summed E-state index contributed by atoms with van der Waals surface area (Å²) in [5, 5.41) is 6.69. The molecule has 4 heterocycles. The van der Waals surface area contributed by atoms with Crippen molar-refractivity contribution in [3.8, 4) is 11.5 Å². The van der Waals surface area contributed by atoms with E-state index in [0.717, 1.165) is 16.9 Å². The molecule has 0 saturated heterocycles. The van der Waals surface area contributed by atoms with E-state index in [1.165, 1.54) is 34.4 Å². The van der Waals surface area contributed by atoms with Gasteiger partial charge in [-0.05, 0) is 13.0 Å². The fraction of sp³-hybridized carbons (Fsp3) is 0.118. The zero-order chi connectivity index (χ0) is 18.1. The Bertz CT molecular complexity index is 1110. The molecular formula is C17H12FN5O2S. The van der Waals surface area contributed by atoms with Crippen molar-refractivity contribution in [1.82, 2.24) is 24.6 Å². The van der Waals surface area contributed by atoms with Gasteiger partial charge < -0.3 is 4.74 Å². The monoisotopic (exact) mass is 369 g/mol. The number of hydrogen-bond donors (Lipinski definition) is 0. The van der Waals surface area contributed by atoms with E-state index < -0.39 is 5.82 Å². The van der Waals surface area contributed by atoms with Gasteiger partial charge in [0.25, 0.3) is 0 Å². The molecule has 7 nitrogen and oxygen atoms in total. The highest BCUT2D eigenvalue weighted by molar-refractivity contribution is 7.09.